The maximum absolute atomic E-state index is 13.5. The van der Waals surface area contributed by atoms with Gasteiger partial charge < -0.3 is 20.5 Å². The first-order valence-electron chi connectivity index (χ1n) is 11.2. The molecule has 0 radical (unpaired) electrons. The minimum Gasteiger partial charge on any atom is -0.480 e. The molecule has 0 fully saturated rings. The van der Waals surface area contributed by atoms with Gasteiger partial charge in [0.1, 0.15) is 18.7 Å². The van der Waals surface area contributed by atoms with Crippen molar-refractivity contribution in [2.45, 2.75) is 50.9 Å². The molecule has 10 heteroatoms. The number of rotatable bonds is 9. The molecule has 0 saturated heterocycles. The number of alkyl carbamates (subject to hydrolysis) is 1. The topological polar surface area (TPSA) is 105 Å². The van der Waals surface area contributed by atoms with Gasteiger partial charge in [0.05, 0.1) is 0 Å². The SMILES string of the molecule is CC(C)[C@@H](NC(=O)CC[C@H](NC(=O)OCC1c2ccccc2-c2ccccc21)C(F)(F)F)C(=O)O. The summed E-state index contributed by atoms with van der Waals surface area (Å²) in [4.78, 5) is 35.5. The standard InChI is InChI=1S/C25H27F3N2O5/c1-14(2)22(23(32)33)30-21(31)12-11-20(25(26,27)28)29-24(34)35-13-19-17-9-5-3-7-15(17)16-8-4-6-10-18(16)19/h3-10,14,19-20,22H,11-13H2,1-2H3,(H,29,34)(H,30,31)(H,32,33)/t20-,22+/m0/s1. The molecule has 0 heterocycles. The highest BCUT2D eigenvalue weighted by Gasteiger charge is 2.41. The molecule has 2 aromatic carbocycles. The fourth-order valence-corrected chi connectivity index (χ4v) is 4.13. The first-order chi connectivity index (χ1) is 16.5. The predicted octanol–water partition coefficient (Wildman–Crippen LogP) is 4.46. The van der Waals surface area contributed by atoms with Crippen LogP contribution in [0.4, 0.5) is 18.0 Å². The zero-order valence-corrected chi connectivity index (χ0v) is 19.3. The number of alkyl halides is 3. The molecule has 3 N–H and O–H groups in total. The number of fused-ring (bicyclic) bond motifs is 3. The number of carboxylic acid groups (broad SMARTS) is 1. The number of carbonyl (C=O) groups excluding carboxylic acids is 2. The van der Waals surface area contributed by atoms with E-state index >= 15 is 0 Å². The molecule has 188 valence electrons. The Hall–Kier alpha value is -3.56. The van der Waals surface area contributed by atoms with E-state index in [1.54, 1.807) is 19.2 Å². The number of nitrogens with one attached hydrogen (secondary N) is 2. The molecule has 7 nitrogen and oxygen atoms in total. The summed E-state index contributed by atoms with van der Waals surface area (Å²) in [6, 6.07) is 11.6. The van der Waals surface area contributed by atoms with Crippen LogP contribution < -0.4 is 10.6 Å². The predicted molar refractivity (Wildman–Crippen MR) is 122 cm³/mol. The van der Waals surface area contributed by atoms with Crippen LogP contribution in [0.3, 0.4) is 0 Å². The summed E-state index contributed by atoms with van der Waals surface area (Å²) in [6.07, 6.45) is -7.45. The number of hydrogen-bond donors (Lipinski definition) is 3. The Morgan fingerprint density at radius 1 is 0.971 bits per heavy atom. The van der Waals surface area contributed by atoms with Crippen molar-refractivity contribution in [3.05, 3.63) is 59.7 Å². The monoisotopic (exact) mass is 492 g/mol. The van der Waals surface area contributed by atoms with Gasteiger partial charge in [-0.3, -0.25) is 4.79 Å². The zero-order valence-electron chi connectivity index (χ0n) is 19.3. The summed E-state index contributed by atoms with van der Waals surface area (Å²) in [7, 11) is 0. The lowest BCUT2D eigenvalue weighted by Crippen LogP contribution is -2.48. The van der Waals surface area contributed by atoms with Gasteiger partial charge in [-0.1, -0.05) is 62.4 Å². The van der Waals surface area contributed by atoms with Crippen molar-refractivity contribution in [2.75, 3.05) is 6.61 Å². The maximum atomic E-state index is 13.5. The van der Waals surface area contributed by atoms with Crippen LogP contribution in [0.5, 0.6) is 0 Å². The third kappa shape index (κ3) is 6.32. The third-order valence-corrected chi connectivity index (χ3v) is 5.94. The number of benzene rings is 2. The average Bonchev–Trinajstić information content (AvgIpc) is 3.11. The number of aliphatic carboxylic acids is 1. The first kappa shape index (κ1) is 26.1. The molecule has 0 saturated carbocycles. The molecule has 0 spiro atoms. The highest BCUT2D eigenvalue weighted by atomic mass is 19.4. The Kier molecular flexibility index (Phi) is 8.03. The molecule has 3 rings (SSSR count). The van der Waals surface area contributed by atoms with Crippen LogP contribution in [-0.2, 0) is 14.3 Å². The second kappa shape index (κ2) is 10.8. The van der Waals surface area contributed by atoms with Crippen LogP contribution in [0.25, 0.3) is 11.1 Å². The quantitative estimate of drug-likeness (QED) is 0.479. The molecule has 1 aliphatic carbocycles. The lowest BCUT2D eigenvalue weighted by atomic mass is 9.98. The highest BCUT2D eigenvalue weighted by Crippen LogP contribution is 2.44. The summed E-state index contributed by atoms with van der Waals surface area (Å²) in [5.74, 6) is -2.90. The Labute approximate surface area is 200 Å². The minimum atomic E-state index is -4.82. The molecule has 0 unspecified atom stereocenters. The lowest BCUT2D eigenvalue weighted by molar-refractivity contribution is -0.157. The second-order valence-electron chi connectivity index (χ2n) is 8.73. The van der Waals surface area contributed by atoms with E-state index < -0.39 is 55.0 Å². The van der Waals surface area contributed by atoms with Gasteiger partial charge in [0.25, 0.3) is 0 Å². The Bertz CT molecular complexity index is 1040. The molecular weight excluding hydrogens is 465 g/mol. The average molecular weight is 492 g/mol. The molecule has 2 atom stereocenters. The second-order valence-corrected chi connectivity index (χ2v) is 8.73. The molecular formula is C25H27F3N2O5. The summed E-state index contributed by atoms with van der Waals surface area (Å²) in [6.45, 7) is 2.98. The molecule has 2 amide bonds. The van der Waals surface area contributed by atoms with E-state index in [2.05, 4.69) is 5.32 Å². The van der Waals surface area contributed by atoms with Crippen molar-refractivity contribution in [1.82, 2.24) is 10.6 Å². The zero-order chi connectivity index (χ0) is 25.8. The van der Waals surface area contributed by atoms with Crippen molar-refractivity contribution in [3.8, 4) is 11.1 Å². The van der Waals surface area contributed by atoms with Crippen LogP contribution in [-0.4, -0.2) is 47.9 Å². The highest BCUT2D eigenvalue weighted by molar-refractivity contribution is 5.83. The third-order valence-electron chi connectivity index (χ3n) is 5.94. The van der Waals surface area contributed by atoms with E-state index in [0.29, 0.717) is 0 Å². The van der Waals surface area contributed by atoms with Gasteiger partial charge in [0.15, 0.2) is 0 Å². The van der Waals surface area contributed by atoms with Crippen molar-refractivity contribution >= 4 is 18.0 Å². The maximum Gasteiger partial charge on any atom is 0.408 e. The van der Waals surface area contributed by atoms with Gasteiger partial charge in [-0.2, -0.15) is 13.2 Å². The number of carboxylic acids is 1. The minimum absolute atomic E-state index is 0.153. The normalized spacial score (nSPS) is 14.6. The van der Waals surface area contributed by atoms with Crippen LogP contribution in [0.2, 0.25) is 0 Å². The molecule has 1 aliphatic rings. The first-order valence-corrected chi connectivity index (χ1v) is 11.2. The summed E-state index contributed by atoms with van der Waals surface area (Å²) in [5.41, 5.74) is 3.81. The number of amides is 2. The Morgan fingerprint density at radius 3 is 2.00 bits per heavy atom. The number of carbonyl (C=O) groups is 3. The van der Waals surface area contributed by atoms with E-state index in [-0.39, 0.29) is 12.5 Å². The van der Waals surface area contributed by atoms with Crippen LogP contribution in [0.15, 0.2) is 48.5 Å². The smallest absolute Gasteiger partial charge is 0.408 e. The van der Waals surface area contributed by atoms with E-state index in [4.69, 9.17) is 9.84 Å². The van der Waals surface area contributed by atoms with Gasteiger partial charge >= 0.3 is 18.2 Å². The van der Waals surface area contributed by atoms with Gasteiger partial charge in [0.2, 0.25) is 5.91 Å². The van der Waals surface area contributed by atoms with E-state index in [9.17, 15) is 27.6 Å². The van der Waals surface area contributed by atoms with Gasteiger partial charge in [-0.05, 0) is 34.6 Å². The number of ether oxygens (including phenoxy) is 1. The van der Waals surface area contributed by atoms with Crippen LogP contribution >= 0.6 is 0 Å². The summed E-state index contributed by atoms with van der Waals surface area (Å²) >= 11 is 0. The lowest BCUT2D eigenvalue weighted by Gasteiger charge is -2.23. The molecule has 35 heavy (non-hydrogen) atoms. The summed E-state index contributed by atoms with van der Waals surface area (Å²) in [5, 5.41) is 13.1. The molecule has 2 aromatic rings. The van der Waals surface area contributed by atoms with E-state index in [1.807, 2.05) is 48.5 Å². The molecule has 0 bridgehead atoms. The Balaban J connectivity index is 1.60. The van der Waals surface area contributed by atoms with Crippen molar-refractivity contribution in [2.24, 2.45) is 5.92 Å². The molecule has 0 aromatic heterocycles. The largest absolute Gasteiger partial charge is 0.480 e. The van der Waals surface area contributed by atoms with Crippen molar-refractivity contribution in [3.63, 3.8) is 0 Å². The number of halogens is 3. The van der Waals surface area contributed by atoms with Gasteiger partial charge in [-0.15, -0.1) is 0 Å². The fraction of sp³-hybridized carbons (Fsp3) is 0.400. The molecule has 0 aliphatic heterocycles. The van der Waals surface area contributed by atoms with Crippen molar-refractivity contribution in [1.29, 1.82) is 0 Å². The van der Waals surface area contributed by atoms with Crippen LogP contribution in [0.1, 0.15) is 43.7 Å². The van der Waals surface area contributed by atoms with Gasteiger partial charge in [0, 0.05) is 12.3 Å². The van der Waals surface area contributed by atoms with Gasteiger partial charge in [-0.25, -0.2) is 9.59 Å². The summed E-state index contributed by atoms with van der Waals surface area (Å²) < 4.78 is 45.6. The van der Waals surface area contributed by atoms with E-state index in [0.717, 1.165) is 22.3 Å². The van der Waals surface area contributed by atoms with E-state index in [1.165, 1.54) is 0 Å². The Morgan fingerprint density at radius 2 is 1.51 bits per heavy atom. The van der Waals surface area contributed by atoms with Crippen molar-refractivity contribution < 1.29 is 37.4 Å². The number of hydrogen-bond acceptors (Lipinski definition) is 4. The fourth-order valence-electron chi connectivity index (χ4n) is 4.13. The van der Waals surface area contributed by atoms with Crippen LogP contribution in [0, 0.1) is 5.92 Å².